The van der Waals surface area contributed by atoms with Gasteiger partial charge in [-0.1, -0.05) is 0 Å². The molecule has 0 aliphatic carbocycles. The minimum atomic E-state index is -3.91. The monoisotopic (exact) mass is 274 g/mol. The van der Waals surface area contributed by atoms with Crippen LogP contribution in [0.5, 0.6) is 0 Å². The molecule has 0 saturated heterocycles. The van der Waals surface area contributed by atoms with Crippen LogP contribution in [-0.4, -0.2) is 38.3 Å². The summed E-state index contributed by atoms with van der Waals surface area (Å²) in [5, 5.41) is 18.3. The highest BCUT2D eigenvalue weighted by molar-refractivity contribution is 7.58. The van der Waals surface area contributed by atoms with E-state index in [1.807, 2.05) is 0 Å². The summed E-state index contributed by atoms with van der Waals surface area (Å²) in [7, 11) is -3.91. The Labute approximate surface area is 104 Å². The second-order valence-corrected chi connectivity index (χ2v) is 6.31. The Kier molecular flexibility index (Phi) is 4.98. The van der Waals surface area contributed by atoms with E-state index in [0.717, 1.165) is 0 Å². The van der Waals surface area contributed by atoms with E-state index < -0.39 is 25.2 Å². The van der Waals surface area contributed by atoms with Crippen LogP contribution in [-0.2, 0) is 9.36 Å². The number of carboxylic acid groups (broad SMARTS) is 1. The molecule has 0 aromatic carbocycles. The van der Waals surface area contributed by atoms with Crippen molar-refractivity contribution in [1.29, 1.82) is 0 Å². The quantitative estimate of drug-likeness (QED) is 0.542. The van der Waals surface area contributed by atoms with Crippen LogP contribution in [0, 0.1) is 0 Å². The van der Waals surface area contributed by atoms with Gasteiger partial charge in [0.05, 0.1) is 0 Å². The van der Waals surface area contributed by atoms with Crippen molar-refractivity contribution in [3.05, 3.63) is 30.1 Å². The smallest absolute Gasteiger partial charge is 0.320 e. The summed E-state index contributed by atoms with van der Waals surface area (Å²) in [5.41, 5.74) is 5.50. The molecule has 1 heterocycles. The Hall–Kier alpha value is -1.27. The number of rotatable bonds is 6. The summed E-state index contributed by atoms with van der Waals surface area (Å²) in [6.07, 6.45) is 2.25. The number of pyridine rings is 1. The Morgan fingerprint density at radius 1 is 1.44 bits per heavy atom. The highest BCUT2D eigenvalue weighted by Crippen LogP contribution is 2.54. The highest BCUT2D eigenvalue weighted by Gasteiger charge is 2.31. The minimum Gasteiger partial charge on any atom is -0.480 e. The normalized spacial score (nSPS) is 17.7. The first-order valence-corrected chi connectivity index (χ1v) is 7.14. The molecule has 3 atom stereocenters. The third kappa shape index (κ3) is 3.89. The Morgan fingerprint density at radius 3 is 2.50 bits per heavy atom. The van der Waals surface area contributed by atoms with Crippen molar-refractivity contribution < 1.29 is 24.5 Å². The molecule has 100 valence electrons. The summed E-state index contributed by atoms with van der Waals surface area (Å²) in [4.78, 5) is 23.9. The molecular weight excluding hydrogens is 259 g/mol. The van der Waals surface area contributed by atoms with Gasteiger partial charge in [0.1, 0.15) is 6.04 Å². The zero-order valence-electron chi connectivity index (χ0n) is 9.51. The van der Waals surface area contributed by atoms with Crippen LogP contribution in [0.4, 0.5) is 0 Å². The Balaban J connectivity index is 2.69. The molecule has 2 unspecified atom stereocenters. The van der Waals surface area contributed by atoms with E-state index in [1.54, 1.807) is 0 Å². The molecule has 1 aromatic rings. The molecular formula is C10H15N2O5P. The fourth-order valence-electron chi connectivity index (χ4n) is 1.34. The number of nitrogens with two attached hydrogens (primary N) is 1. The van der Waals surface area contributed by atoms with Crippen LogP contribution in [0.15, 0.2) is 24.5 Å². The van der Waals surface area contributed by atoms with Crippen LogP contribution in [0.25, 0.3) is 0 Å². The third-order valence-electron chi connectivity index (χ3n) is 2.46. The number of nitrogens with zero attached hydrogens (tertiary/aromatic N) is 1. The average molecular weight is 274 g/mol. The van der Waals surface area contributed by atoms with Gasteiger partial charge < -0.3 is 20.8 Å². The fraction of sp³-hybridized carbons (Fsp3) is 0.400. The van der Waals surface area contributed by atoms with Gasteiger partial charge in [-0.3, -0.25) is 14.3 Å². The second-order valence-electron chi connectivity index (χ2n) is 3.87. The van der Waals surface area contributed by atoms with E-state index >= 15 is 0 Å². The van der Waals surface area contributed by atoms with Crippen LogP contribution >= 0.6 is 7.37 Å². The molecule has 7 nitrogen and oxygen atoms in total. The minimum absolute atomic E-state index is 0.175. The molecule has 0 amide bonds. The van der Waals surface area contributed by atoms with Gasteiger partial charge in [0.25, 0.3) is 0 Å². The van der Waals surface area contributed by atoms with Crippen molar-refractivity contribution in [1.82, 2.24) is 4.98 Å². The van der Waals surface area contributed by atoms with Gasteiger partial charge in [-0.05, 0) is 24.1 Å². The molecule has 0 aliphatic rings. The lowest BCUT2D eigenvalue weighted by Crippen LogP contribution is -2.31. The van der Waals surface area contributed by atoms with Gasteiger partial charge in [0.2, 0.25) is 7.37 Å². The topological polar surface area (TPSA) is 134 Å². The molecule has 18 heavy (non-hydrogen) atoms. The van der Waals surface area contributed by atoms with E-state index in [9.17, 15) is 19.4 Å². The number of carboxylic acids is 1. The summed E-state index contributed by atoms with van der Waals surface area (Å²) in [6, 6.07) is 1.63. The molecule has 5 N–H and O–H groups in total. The number of carbonyl (C=O) groups is 1. The van der Waals surface area contributed by atoms with E-state index in [2.05, 4.69) is 4.98 Å². The van der Waals surface area contributed by atoms with Crippen molar-refractivity contribution in [2.24, 2.45) is 5.73 Å². The number of aliphatic hydroxyl groups excluding tert-OH is 1. The lowest BCUT2D eigenvalue weighted by atomic mass is 10.2. The molecule has 0 spiro atoms. The van der Waals surface area contributed by atoms with Crippen LogP contribution in [0.1, 0.15) is 17.8 Å². The molecule has 1 aromatic heterocycles. The van der Waals surface area contributed by atoms with Crippen molar-refractivity contribution in [3.8, 4) is 0 Å². The summed E-state index contributed by atoms with van der Waals surface area (Å²) in [6.45, 7) is 0. The Morgan fingerprint density at radius 2 is 2.00 bits per heavy atom. The predicted octanol–water partition coefficient (Wildman–Crippen LogP) is 0.145. The van der Waals surface area contributed by atoms with Gasteiger partial charge in [0.15, 0.2) is 5.85 Å². The lowest BCUT2D eigenvalue weighted by molar-refractivity contribution is -0.138. The van der Waals surface area contributed by atoms with Gasteiger partial charge in [-0.2, -0.15) is 0 Å². The lowest BCUT2D eigenvalue weighted by Gasteiger charge is -2.19. The number of hydrogen-bond donors (Lipinski definition) is 4. The summed E-state index contributed by atoms with van der Waals surface area (Å²) in [5.74, 6) is -2.80. The van der Waals surface area contributed by atoms with Crippen molar-refractivity contribution in [2.75, 3.05) is 6.16 Å². The zero-order chi connectivity index (χ0) is 13.8. The highest BCUT2D eigenvalue weighted by atomic mass is 31.2. The maximum atomic E-state index is 11.9. The van der Waals surface area contributed by atoms with E-state index in [-0.39, 0.29) is 18.1 Å². The molecule has 0 saturated carbocycles. The van der Waals surface area contributed by atoms with Gasteiger partial charge >= 0.3 is 5.97 Å². The first-order chi connectivity index (χ1) is 8.34. The predicted molar refractivity (Wildman–Crippen MR) is 64.1 cm³/mol. The molecule has 0 bridgehead atoms. The summed E-state index contributed by atoms with van der Waals surface area (Å²) >= 11 is 0. The zero-order valence-corrected chi connectivity index (χ0v) is 10.4. The van der Waals surface area contributed by atoms with Gasteiger partial charge in [0, 0.05) is 18.6 Å². The van der Waals surface area contributed by atoms with Gasteiger partial charge in [-0.25, -0.2) is 0 Å². The van der Waals surface area contributed by atoms with Crippen LogP contribution < -0.4 is 5.73 Å². The number of aromatic nitrogens is 1. The van der Waals surface area contributed by atoms with E-state index in [1.165, 1.54) is 24.5 Å². The maximum Gasteiger partial charge on any atom is 0.320 e. The number of aliphatic hydroxyl groups is 1. The molecule has 8 heteroatoms. The van der Waals surface area contributed by atoms with E-state index in [4.69, 9.17) is 10.8 Å². The first-order valence-electron chi connectivity index (χ1n) is 5.22. The van der Waals surface area contributed by atoms with E-state index in [0.29, 0.717) is 0 Å². The third-order valence-corrected chi connectivity index (χ3v) is 4.43. The van der Waals surface area contributed by atoms with Crippen molar-refractivity contribution in [2.45, 2.75) is 18.3 Å². The maximum absolute atomic E-state index is 11.9. The van der Waals surface area contributed by atoms with Crippen LogP contribution in [0.3, 0.4) is 0 Å². The Bertz CT molecular complexity index is 453. The first kappa shape index (κ1) is 14.8. The SMILES string of the molecule is N[C@@H](CCP(=O)(O)C(O)c1ccncc1)C(=O)O. The molecule has 0 radical (unpaired) electrons. The second kappa shape index (κ2) is 6.06. The average Bonchev–Trinajstić information content (AvgIpc) is 2.36. The van der Waals surface area contributed by atoms with Crippen molar-refractivity contribution >= 4 is 13.3 Å². The van der Waals surface area contributed by atoms with Crippen molar-refractivity contribution in [3.63, 3.8) is 0 Å². The molecule has 0 aliphatic heterocycles. The number of hydrogen-bond acceptors (Lipinski definition) is 5. The van der Waals surface area contributed by atoms with Gasteiger partial charge in [-0.15, -0.1) is 0 Å². The van der Waals surface area contributed by atoms with Crippen LogP contribution in [0.2, 0.25) is 0 Å². The fourth-order valence-corrected chi connectivity index (χ4v) is 2.87. The standard InChI is InChI=1S/C10H15N2O5P/c11-8(9(13)14)3-6-18(16,17)10(15)7-1-4-12-5-2-7/h1-2,4-5,8,10,15H,3,6,11H2,(H,13,14)(H,16,17)/t8-,10?/m0/s1. The summed E-state index contributed by atoms with van der Waals surface area (Å²) < 4.78 is 11.9. The largest absolute Gasteiger partial charge is 0.480 e. The molecule has 0 fully saturated rings. The number of aliphatic carboxylic acids is 1. The molecule has 1 rings (SSSR count).